The van der Waals surface area contributed by atoms with Gasteiger partial charge in [-0.15, -0.1) is 0 Å². The highest BCUT2D eigenvalue weighted by molar-refractivity contribution is 5.68. The minimum atomic E-state index is -1.30. The van der Waals surface area contributed by atoms with Gasteiger partial charge in [-0.1, -0.05) is 49.9 Å². The monoisotopic (exact) mass is 695 g/mol. The Bertz CT molecular complexity index is 1300. The van der Waals surface area contributed by atoms with Crippen molar-refractivity contribution in [3.63, 3.8) is 0 Å². The van der Waals surface area contributed by atoms with Crippen LogP contribution in [0, 0.1) is 11.3 Å². The molecule has 3 fully saturated rings. The Morgan fingerprint density at radius 1 is 1.04 bits per heavy atom. The van der Waals surface area contributed by atoms with Gasteiger partial charge in [-0.25, -0.2) is 0 Å². The van der Waals surface area contributed by atoms with Crippen LogP contribution in [-0.4, -0.2) is 99.7 Å². The van der Waals surface area contributed by atoms with E-state index in [0.717, 1.165) is 83.8 Å². The lowest BCUT2D eigenvalue weighted by atomic mass is 9.73. The number of carboxylic acids is 1. The van der Waals surface area contributed by atoms with Gasteiger partial charge < -0.3 is 31.7 Å². The van der Waals surface area contributed by atoms with E-state index in [-0.39, 0.29) is 54.3 Å². The molecule has 0 amide bonds. The minimum Gasteiger partial charge on any atom is -0.481 e. The summed E-state index contributed by atoms with van der Waals surface area (Å²) in [6.07, 6.45) is 17.3. The Balaban J connectivity index is 1.23. The van der Waals surface area contributed by atoms with Gasteiger partial charge in [0.15, 0.2) is 0 Å². The summed E-state index contributed by atoms with van der Waals surface area (Å²) in [5, 5.41) is 43.6. The number of aliphatic hydroxyl groups excluding tert-OH is 1. The number of nitrogens with one attached hydrogen (secondary N) is 3. The van der Waals surface area contributed by atoms with E-state index in [1.165, 1.54) is 36.8 Å². The number of nitrogens with two attached hydrogens (primary N) is 1. The smallest absolute Gasteiger partial charge is 0.306 e. The Morgan fingerprint density at radius 3 is 2.54 bits per heavy atom. The molecule has 0 unspecified atom stereocenters. The van der Waals surface area contributed by atoms with Crippen LogP contribution >= 0.6 is 0 Å². The minimum absolute atomic E-state index is 0.0855. The number of aliphatic hydroxyl groups is 2. The summed E-state index contributed by atoms with van der Waals surface area (Å²) in [4.78, 5) is 19.0. The molecule has 1 saturated carbocycles. The highest BCUT2D eigenvalue weighted by Gasteiger charge is 2.42. The number of nitrogens with zero attached hydrogens (tertiary/aromatic N) is 2. The molecule has 1 aromatic carbocycles. The van der Waals surface area contributed by atoms with E-state index in [4.69, 9.17) is 5.73 Å². The van der Waals surface area contributed by atoms with E-state index in [1.54, 1.807) is 0 Å². The van der Waals surface area contributed by atoms with Gasteiger partial charge in [0.05, 0.1) is 31.0 Å². The molecule has 0 radical (unpaired) electrons. The zero-order valence-electron chi connectivity index (χ0n) is 30.8. The standard InChI is InChI=1S/C40H66N6O4/c1-28-35(47)22-34(46-18-17-42-27-46)33(44-28)11-10-29-9-6-14-39(12-3-4-13-39)15-16-40(50,25-37(48)49)26-43-38(2)23-32(45-36(41)24-38)21-31-8-5-7-30(19-29)20-31/h5,7-8,17,20,28-29,32-36,43-45,47,50H,3-4,6,9-16,18-19,21-27,41H2,1-2H3,(H,48,49)/t28-,29+,32+,33+,34-,35+,36+,38+,40+/m0/s1. The first kappa shape index (κ1) is 37.8. The highest BCUT2D eigenvalue weighted by atomic mass is 16.4. The van der Waals surface area contributed by atoms with Gasteiger partial charge in [0.25, 0.3) is 0 Å². The van der Waals surface area contributed by atoms with Crippen molar-refractivity contribution in [3.05, 3.63) is 35.4 Å². The van der Waals surface area contributed by atoms with Crippen LogP contribution in [0.4, 0.5) is 0 Å². The van der Waals surface area contributed by atoms with Crippen molar-refractivity contribution in [2.75, 3.05) is 19.8 Å². The second kappa shape index (κ2) is 16.4. The molecule has 4 heterocycles. The zero-order chi connectivity index (χ0) is 35.4. The van der Waals surface area contributed by atoms with Crippen LogP contribution in [0.1, 0.15) is 121 Å². The molecular formula is C40H66N6O4. The lowest BCUT2D eigenvalue weighted by molar-refractivity contribution is -0.143. The lowest BCUT2D eigenvalue weighted by Gasteiger charge is -2.45. The average Bonchev–Trinajstić information content (AvgIpc) is 3.76. The molecule has 10 nitrogen and oxygen atoms in total. The molecule has 5 aliphatic rings. The Hall–Kier alpha value is -1.92. The molecule has 50 heavy (non-hydrogen) atoms. The molecule has 9 atom stereocenters. The highest BCUT2D eigenvalue weighted by Crippen LogP contribution is 2.47. The number of carboxylic acid groups (broad SMARTS) is 1. The number of hydrogen-bond acceptors (Lipinski definition) is 9. The molecule has 4 bridgehead atoms. The van der Waals surface area contributed by atoms with Crippen LogP contribution in [-0.2, 0) is 17.6 Å². The molecule has 8 N–H and O–H groups in total. The molecule has 4 aliphatic heterocycles. The Morgan fingerprint density at radius 2 is 1.80 bits per heavy atom. The summed E-state index contributed by atoms with van der Waals surface area (Å²) in [6, 6.07) is 10.0. The maximum absolute atomic E-state index is 12.0. The van der Waals surface area contributed by atoms with Gasteiger partial charge in [0.2, 0.25) is 0 Å². The van der Waals surface area contributed by atoms with Crippen LogP contribution in [0.3, 0.4) is 0 Å². The van der Waals surface area contributed by atoms with E-state index in [2.05, 4.69) is 64.0 Å². The summed E-state index contributed by atoms with van der Waals surface area (Å²) < 4.78 is 0. The van der Waals surface area contributed by atoms with Crippen LogP contribution in [0.15, 0.2) is 29.3 Å². The number of β-amino-alcohol motifs (C(OH)–C–C–N with tert-alkyl or cyclic N) is 1. The molecule has 1 spiro atoms. The maximum atomic E-state index is 12.0. The lowest BCUT2D eigenvalue weighted by Crippen LogP contribution is -2.63. The van der Waals surface area contributed by atoms with Crippen LogP contribution in [0.5, 0.6) is 0 Å². The molecule has 1 aliphatic carbocycles. The van der Waals surface area contributed by atoms with Gasteiger partial charge in [-0.2, -0.15) is 0 Å². The van der Waals surface area contributed by atoms with Gasteiger partial charge in [-0.3, -0.25) is 20.0 Å². The molecule has 0 aromatic heterocycles. The normalized spacial score (nSPS) is 38.9. The summed E-state index contributed by atoms with van der Waals surface area (Å²) in [5.74, 6) is -0.403. The van der Waals surface area contributed by atoms with Crippen molar-refractivity contribution < 1.29 is 20.1 Å². The number of rotatable bonds is 6. The van der Waals surface area contributed by atoms with Crippen molar-refractivity contribution in [2.45, 2.75) is 171 Å². The number of carbonyl (C=O) groups is 1. The Kier molecular flexibility index (Phi) is 12.4. The number of fused-ring (bicyclic) bond motifs is 4. The largest absolute Gasteiger partial charge is 0.481 e. The van der Waals surface area contributed by atoms with E-state index in [1.807, 2.05) is 6.21 Å². The molecule has 1 aromatic rings. The fraction of sp³-hybridized carbons (Fsp3) is 0.800. The second-order valence-corrected chi connectivity index (χ2v) is 17.6. The third-order valence-corrected chi connectivity index (χ3v) is 13.3. The average molecular weight is 695 g/mol. The predicted octanol–water partition coefficient (Wildman–Crippen LogP) is 4.11. The summed E-state index contributed by atoms with van der Waals surface area (Å²) >= 11 is 0. The fourth-order valence-corrected chi connectivity index (χ4v) is 10.5. The maximum Gasteiger partial charge on any atom is 0.306 e. The SMILES string of the molecule is C[C@@H]1N[C@H](CC[C@H]2CCCC3(CCCC3)CC[C@@](O)(CC(=O)O)CN[C@]3(C)C[C@@H](Cc4cccc(c4)C2)N[C@@H](N)C3)[C@@H](N2CC=NC2)C[C@H]1O. The zero-order valence-corrected chi connectivity index (χ0v) is 30.8. The van der Waals surface area contributed by atoms with Crippen molar-refractivity contribution in [2.24, 2.45) is 22.1 Å². The van der Waals surface area contributed by atoms with Gasteiger partial charge in [0.1, 0.15) is 0 Å². The summed E-state index contributed by atoms with van der Waals surface area (Å²) in [5.41, 5.74) is 7.87. The third kappa shape index (κ3) is 9.94. The summed E-state index contributed by atoms with van der Waals surface area (Å²) in [6.45, 7) is 6.14. The van der Waals surface area contributed by atoms with E-state index >= 15 is 0 Å². The van der Waals surface area contributed by atoms with Crippen LogP contribution in [0.2, 0.25) is 0 Å². The van der Waals surface area contributed by atoms with E-state index in [9.17, 15) is 20.1 Å². The molecular weight excluding hydrogens is 628 g/mol. The van der Waals surface area contributed by atoms with Crippen molar-refractivity contribution in [3.8, 4) is 0 Å². The molecule has 6 rings (SSSR count). The fourth-order valence-electron chi connectivity index (χ4n) is 10.5. The summed E-state index contributed by atoms with van der Waals surface area (Å²) in [7, 11) is 0. The quantitative estimate of drug-likeness (QED) is 0.233. The Labute approximate surface area is 300 Å². The first-order chi connectivity index (χ1) is 23.9. The number of aliphatic carboxylic acids is 1. The number of piperidine rings is 2. The predicted molar refractivity (Wildman–Crippen MR) is 199 cm³/mol. The van der Waals surface area contributed by atoms with Crippen LogP contribution < -0.4 is 21.7 Å². The first-order valence-electron chi connectivity index (χ1n) is 19.9. The third-order valence-electron chi connectivity index (χ3n) is 13.3. The van der Waals surface area contributed by atoms with Gasteiger partial charge in [-0.05, 0) is 113 Å². The second-order valence-electron chi connectivity index (χ2n) is 17.6. The van der Waals surface area contributed by atoms with Crippen molar-refractivity contribution in [1.29, 1.82) is 0 Å². The van der Waals surface area contributed by atoms with Crippen molar-refractivity contribution in [1.82, 2.24) is 20.9 Å². The number of aliphatic imine (C=N–C) groups is 1. The van der Waals surface area contributed by atoms with Gasteiger partial charge in [0, 0.05) is 49.0 Å². The molecule has 2 saturated heterocycles. The van der Waals surface area contributed by atoms with Crippen molar-refractivity contribution >= 4 is 12.2 Å². The van der Waals surface area contributed by atoms with E-state index in [0.29, 0.717) is 18.4 Å². The molecule has 10 heteroatoms. The number of benzene rings is 1. The molecule has 280 valence electrons. The van der Waals surface area contributed by atoms with Gasteiger partial charge >= 0.3 is 5.97 Å². The van der Waals surface area contributed by atoms with E-state index < -0.39 is 11.6 Å². The van der Waals surface area contributed by atoms with Crippen LogP contribution in [0.25, 0.3) is 0 Å². The topological polar surface area (TPSA) is 155 Å². The first-order valence-corrected chi connectivity index (χ1v) is 19.9. The number of hydrogen-bond donors (Lipinski definition) is 7.